The molecule has 1 rings (SSSR count). The van der Waals surface area contributed by atoms with Crippen molar-refractivity contribution in [3.63, 3.8) is 0 Å². The van der Waals surface area contributed by atoms with Gasteiger partial charge in [-0.2, -0.15) is 0 Å². The number of carboxylic acids is 1. The highest BCUT2D eigenvalue weighted by atomic mass is 32.2. The first kappa shape index (κ1) is 11.9. The summed E-state index contributed by atoms with van der Waals surface area (Å²) in [7, 11) is 0. The molecule has 0 saturated heterocycles. The Morgan fingerprint density at radius 3 is 2.80 bits per heavy atom. The van der Waals surface area contributed by atoms with Gasteiger partial charge < -0.3 is 15.9 Å². The number of benzene rings is 1. The fraction of sp³-hybridized carbons (Fsp3) is 0.300. The quantitative estimate of drug-likeness (QED) is 0.535. The average Bonchev–Trinajstić information content (AvgIpc) is 2.20. The maximum Gasteiger partial charge on any atom is 0.335 e. The van der Waals surface area contributed by atoms with Crippen molar-refractivity contribution in [2.45, 2.75) is 17.1 Å². The number of hydrogen-bond acceptors (Lipinski definition) is 4. The van der Waals surface area contributed by atoms with Gasteiger partial charge >= 0.3 is 5.97 Å². The van der Waals surface area contributed by atoms with Crippen LogP contribution in [0.3, 0.4) is 0 Å². The van der Waals surface area contributed by atoms with E-state index in [0.29, 0.717) is 10.6 Å². The molecule has 1 aromatic rings. The number of carboxylic acid groups (broad SMARTS) is 1. The van der Waals surface area contributed by atoms with E-state index in [2.05, 4.69) is 0 Å². The third-order valence-corrected chi connectivity index (χ3v) is 3.00. The van der Waals surface area contributed by atoms with E-state index < -0.39 is 5.97 Å². The predicted octanol–water partition coefficient (Wildman–Crippen LogP) is 1.44. The number of carbonyl (C=O) groups is 1. The van der Waals surface area contributed by atoms with E-state index in [1.54, 1.807) is 6.07 Å². The molecule has 15 heavy (non-hydrogen) atoms. The molecule has 4 nitrogen and oxygen atoms in total. The van der Waals surface area contributed by atoms with Gasteiger partial charge in [0.1, 0.15) is 0 Å². The molecule has 1 atom stereocenters. The second-order valence-corrected chi connectivity index (χ2v) is 4.65. The first-order valence-electron chi connectivity index (χ1n) is 4.45. The van der Waals surface area contributed by atoms with Crippen molar-refractivity contribution in [1.29, 1.82) is 0 Å². The Labute approximate surface area is 92.1 Å². The molecule has 0 bridgehead atoms. The SMILES string of the molecule is CC(CO)Sc1cc(C(=O)O)ccc1N. The zero-order valence-electron chi connectivity index (χ0n) is 8.30. The number of hydrogen-bond donors (Lipinski definition) is 3. The Morgan fingerprint density at radius 1 is 1.60 bits per heavy atom. The fourth-order valence-corrected chi connectivity index (χ4v) is 1.93. The number of rotatable bonds is 4. The van der Waals surface area contributed by atoms with Gasteiger partial charge in [0.05, 0.1) is 12.2 Å². The van der Waals surface area contributed by atoms with Gasteiger partial charge in [-0.05, 0) is 18.2 Å². The minimum Gasteiger partial charge on any atom is -0.478 e. The third-order valence-electron chi connectivity index (χ3n) is 1.85. The van der Waals surface area contributed by atoms with Gasteiger partial charge in [-0.1, -0.05) is 6.92 Å². The van der Waals surface area contributed by atoms with E-state index >= 15 is 0 Å². The van der Waals surface area contributed by atoms with Crippen LogP contribution < -0.4 is 5.73 Å². The van der Waals surface area contributed by atoms with Gasteiger partial charge in [0, 0.05) is 15.8 Å². The van der Waals surface area contributed by atoms with Crippen LogP contribution in [0.15, 0.2) is 23.1 Å². The number of thioether (sulfide) groups is 1. The van der Waals surface area contributed by atoms with E-state index in [1.165, 1.54) is 23.9 Å². The number of nitrogens with two attached hydrogens (primary N) is 1. The van der Waals surface area contributed by atoms with Crippen LogP contribution in [0.1, 0.15) is 17.3 Å². The van der Waals surface area contributed by atoms with Crippen molar-refractivity contribution in [3.05, 3.63) is 23.8 Å². The summed E-state index contributed by atoms with van der Waals surface area (Å²) in [6.45, 7) is 1.87. The predicted molar refractivity (Wildman–Crippen MR) is 60.2 cm³/mol. The van der Waals surface area contributed by atoms with Crippen LogP contribution in [0.2, 0.25) is 0 Å². The Morgan fingerprint density at radius 2 is 2.27 bits per heavy atom. The number of nitrogen functional groups attached to an aromatic ring is 1. The summed E-state index contributed by atoms with van der Waals surface area (Å²) in [5.74, 6) is -0.978. The van der Waals surface area contributed by atoms with Crippen molar-refractivity contribution in [3.8, 4) is 0 Å². The largest absolute Gasteiger partial charge is 0.478 e. The van der Waals surface area contributed by atoms with E-state index in [0.717, 1.165) is 0 Å². The monoisotopic (exact) mass is 227 g/mol. The lowest BCUT2D eigenvalue weighted by Crippen LogP contribution is -2.04. The summed E-state index contributed by atoms with van der Waals surface area (Å²) in [6.07, 6.45) is 0. The lowest BCUT2D eigenvalue weighted by atomic mass is 10.2. The molecule has 82 valence electrons. The van der Waals surface area contributed by atoms with E-state index in [9.17, 15) is 4.79 Å². The molecule has 0 aliphatic heterocycles. The minimum absolute atomic E-state index is 0.00338. The van der Waals surface area contributed by atoms with Gasteiger partial charge in [-0.15, -0.1) is 11.8 Å². The van der Waals surface area contributed by atoms with Gasteiger partial charge in [0.15, 0.2) is 0 Å². The highest BCUT2D eigenvalue weighted by molar-refractivity contribution is 8.00. The summed E-state index contributed by atoms with van der Waals surface area (Å²) in [6, 6.07) is 4.55. The first-order chi connectivity index (χ1) is 7.04. The van der Waals surface area contributed by atoms with Crippen LogP contribution in [-0.2, 0) is 0 Å². The molecule has 0 aliphatic rings. The molecule has 4 N–H and O–H groups in total. The maximum absolute atomic E-state index is 10.7. The maximum atomic E-state index is 10.7. The number of aromatic carboxylic acids is 1. The molecular formula is C10H13NO3S. The summed E-state index contributed by atoms with van der Waals surface area (Å²) in [4.78, 5) is 11.4. The first-order valence-corrected chi connectivity index (χ1v) is 5.33. The van der Waals surface area contributed by atoms with Crippen LogP contribution in [-0.4, -0.2) is 28.0 Å². The van der Waals surface area contributed by atoms with Crippen molar-refractivity contribution in [2.24, 2.45) is 0 Å². The Kier molecular flexibility index (Phi) is 3.99. The van der Waals surface area contributed by atoms with Crippen molar-refractivity contribution >= 4 is 23.4 Å². The van der Waals surface area contributed by atoms with Crippen LogP contribution in [0, 0.1) is 0 Å². The summed E-state index contributed by atoms with van der Waals surface area (Å²) < 4.78 is 0. The normalized spacial score (nSPS) is 12.4. The van der Waals surface area contributed by atoms with Crippen LogP contribution in [0.5, 0.6) is 0 Å². The number of anilines is 1. The molecule has 0 aliphatic carbocycles. The molecule has 0 saturated carbocycles. The summed E-state index contributed by atoms with van der Waals surface area (Å²) in [5, 5.41) is 17.7. The lowest BCUT2D eigenvalue weighted by Gasteiger charge is -2.10. The van der Waals surface area contributed by atoms with E-state index in [1.807, 2.05) is 6.92 Å². The van der Waals surface area contributed by atoms with Crippen molar-refractivity contribution in [1.82, 2.24) is 0 Å². The highest BCUT2D eigenvalue weighted by Gasteiger charge is 2.09. The van der Waals surface area contributed by atoms with Gasteiger partial charge in [0.25, 0.3) is 0 Å². The zero-order valence-corrected chi connectivity index (χ0v) is 9.12. The Balaban J connectivity index is 2.95. The second-order valence-electron chi connectivity index (χ2n) is 3.17. The molecule has 1 aromatic carbocycles. The third kappa shape index (κ3) is 3.14. The average molecular weight is 227 g/mol. The fourth-order valence-electron chi connectivity index (χ4n) is 1.02. The molecule has 1 unspecified atom stereocenters. The number of aliphatic hydroxyl groups excluding tert-OH is 1. The molecule has 0 aromatic heterocycles. The van der Waals surface area contributed by atoms with E-state index in [4.69, 9.17) is 15.9 Å². The second kappa shape index (κ2) is 5.04. The molecule has 0 heterocycles. The molecule has 0 amide bonds. The van der Waals surface area contributed by atoms with Crippen LogP contribution >= 0.6 is 11.8 Å². The minimum atomic E-state index is -0.978. The molecule has 5 heteroatoms. The Bertz CT molecular complexity index is 368. The zero-order chi connectivity index (χ0) is 11.4. The summed E-state index contributed by atoms with van der Waals surface area (Å²) >= 11 is 1.36. The van der Waals surface area contributed by atoms with Crippen molar-refractivity contribution in [2.75, 3.05) is 12.3 Å². The molecule has 0 spiro atoms. The lowest BCUT2D eigenvalue weighted by molar-refractivity contribution is 0.0696. The molecule has 0 fully saturated rings. The smallest absolute Gasteiger partial charge is 0.335 e. The molecule has 0 radical (unpaired) electrons. The highest BCUT2D eigenvalue weighted by Crippen LogP contribution is 2.29. The van der Waals surface area contributed by atoms with Gasteiger partial charge in [0.2, 0.25) is 0 Å². The Hall–Kier alpha value is -1.20. The van der Waals surface area contributed by atoms with E-state index in [-0.39, 0.29) is 17.4 Å². The number of aliphatic hydroxyl groups is 1. The van der Waals surface area contributed by atoms with Crippen LogP contribution in [0.4, 0.5) is 5.69 Å². The summed E-state index contributed by atoms with van der Waals surface area (Å²) in [5.41, 5.74) is 6.44. The van der Waals surface area contributed by atoms with Crippen LogP contribution in [0.25, 0.3) is 0 Å². The van der Waals surface area contributed by atoms with Gasteiger partial charge in [-0.25, -0.2) is 4.79 Å². The van der Waals surface area contributed by atoms with Crippen molar-refractivity contribution < 1.29 is 15.0 Å². The van der Waals surface area contributed by atoms with Gasteiger partial charge in [-0.3, -0.25) is 0 Å². The standard InChI is InChI=1S/C10H13NO3S/c1-6(5-12)15-9-4-7(10(13)14)2-3-8(9)11/h2-4,6,12H,5,11H2,1H3,(H,13,14). The molecular weight excluding hydrogens is 214 g/mol. The topological polar surface area (TPSA) is 83.5 Å².